The molecule has 3 aromatic heterocycles. The van der Waals surface area contributed by atoms with Gasteiger partial charge in [-0.15, -0.1) is 0 Å². The highest BCUT2D eigenvalue weighted by molar-refractivity contribution is 6.15. The molecule has 28 rings (SSSR count). The summed E-state index contributed by atoms with van der Waals surface area (Å²) in [4.78, 5) is 5.32. The molecule has 10 aliphatic carbocycles. The molecular weight excluding hydrogens is 1320 g/mol. The molecule has 109 heavy (non-hydrogen) atoms. The Labute approximate surface area is 632 Å². The molecule has 4 heterocycles. The van der Waals surface area contributed by atoms with Crippen molar-refractivity contribution in [1.82, 2.24) is 9.13 Å². The van der Waals surface area contributed by atoms with E-state index >= 15 is 0 Å². The van der Waals surface area contributed by atoms with Gasteiger partial charge in [0.1, 0.15) is 11.2 Å². The first kappa shape index (κ1) is 58.4. The second kappa shape index (κ2) is 19.6. The summed E-state index contributed by atoms with van der Waals surface area (Å²) in [6, 6.07) is 111. The van der Waals surface area contributed by atoms with E-state index in [-0.39, 0.29) is 10.8 Å². The number of hydrogen-bond acceptors (Lipinski definition) is 3. The number of nitrogens with zero attached hydrogens (tertiary/aromatic N) is 4. The van der Waals surface area contributed by atoms with Crippen molar-refractivity contribution in [3.63, 3.8) is 0 Å². The summed E-state index contributed by atoms with van der Waals surface area (Å²) in [5.74, 6) is 7.06. The average Bonchev–Trinajstić information content (AvgIpc) is 1.42. The normalized spacial score (nSPS) is 27.7. The minimum Gasteiger partial charge on any atom is -0.456 e. The molecule has 14 aromatic carbocycles. The number of hydrogen-bond donors (Lipinski definition) is 0. The maximum atomic E-state index is 7.46. The van der Waals surface area contributed by atoms with E-state index in [2.05, 4.69) is 318 Å². The SMILES string of the molecule is C[C@H]1CC2CCC(C2)C12c1ccccc1-c1c(N(c3ccc(-n4c5ccccc5c5ccccc54)cc3)c3ccc4cc5c(cc4c3)oc3cc4c(cc35)-c3cccc5c3C4(C)c3ccc4c(c3N5c3ccc(-n5c6ccccc6c6ccccc65)cc3)-c3ccccc3C43C4C[C@@H]5CC67C[C@H]3C6C4C57)cccc12. The topological polar surface area (TPSA) is 29.5 Å². The molecular formula is C104H76N4O. The Morgan fingerprint density at radius 2 is 0.991 bits per heavy atom. The lowest BCUT2D eigenvalue weighted by Gasteiger charge is -2.77. The van der Waals surface area contributed by atoms with Gasteiger partial charge in [-0.3, -0.25) is 0 Å². The van der Waals surface area contributed by atoms with E-state index in [0.717, 1.165) is 74.0 Å². The smallest absolute Gasteiger partial charge is 0.136 e. The first-order valence-electron chi connectivity index (χ1n) is 40.7. The third kappa shape index (κ3) is 6.57. The van der Waals surface area contributed by atoms with E-state index in [1.165, 1.54) is 184 Å². The van der Waals surface area contributed by atoms with Crippen molar-refractivity contribution in [3.05, 3.63) is 324 Å². The standard InChI is InChI=1S/C104H76N4O/c1-57-47-58-33-35-62(48-58)103(57)78-24-9-3-21-73(78)94-80(103)26-16-31-90(94)105(63-37-39-64(40-38-63)106-86-27-11-5-17-68(86)69-18-6-12-28-87(69)106)67-36-34-59-50-76-77-53-75-72-23-15-32-91-98(72)101(2,83(75)54-93(77)109-92(76)52-60(59)49-67)82-46-45-81-95(74-22-4-10-25-79(74)104(81)84-51-61-55-102-56-85(104)99(102)96(84)97(61)102)100(82)108(91)66-43-41-65(42-44-66)107-88-29-13-7-19-70(88)71-20-8-14-30-89(71)107/h3-32,34,36-46,49-50,52-54,57-58,61-62,84-85,96-97,99H,33,35,47-48,51,55-56H2,1-2H3/t57-,58?,61+,62?,84?,85-,96?,97?,99?,101?,102?,103?,104?/m0/s1. The van der Waals surface area contributed by atoms with Gasteiger partial charge in [-0.05, 0) is 297 Å². The van der Waals surface area contributed by atoms with Gasteiger partial charge in [-0.25, -0.2) is 0 Å². The van der Waals surface area contributed by atoms with E-state index in [0.29, 0.717) is 29.1 Å². The monoisotopic (exact) mass is 1400 g/mol. The van der Waals surface area contributed by atoms with Crippen molar-refractivity contribution >= 4 is 110 Å². The second-order valence-electron chi connectivity index (χ2n) is 35.5. The van der Waals surface area contributed by atoms with Gasteiger partial charge in [0.15, 0.2) is 0 Å². The summed E-state index contributed by atoms with van der Waals surface area (Å²) in [6.07, 6.45) is 9.56. The lowest BCUT2D eigenvalue weighted by atomic mass is 9.27. The highest BCUT2D eigenvalue weighted by Crippen LogP contribution is 2.95. The Morgan fingerprint density at radius 3 is 1.72 bits per heavy atom. The van der Waals surface area contributed by atoms with Gasteiger partial charge in [0.25, 0.3) is 0 Å². The van der Waals surface area contributed by atoms with E-state index in [1.807, 2.05) is 0 Å². The number of aromatic nitrogens is 2. The van der Waals surface area contributed by atoms with Crippen LogP contribution in [0, 0.1) is 58.7 Å². The van der Waals surface area contributed by atoms with Crippen LogP contribution in [0.2, 0.25) is 0 Å². The summed E-state index contributed by atoms with van der Waals surface area (Å²) >= 11 is 0. The van der Waals surface area contributed by atoms with Crippen LogP contribution in [0.4, 0.5) is 34.1 Å². The molecule has 17 aromatic rings. The fraction of sp³-hybridized carbons (Fsp3) is 0.212. The number of anilines is 6. The first-order valence-corrected chi connectivity index (χ1v) is 40.7. The van der Waals surface area contributed by atoms with Crippen molar-refractivity contribution < 1.29 is 4.42 Å². The molecule has 1 aliphatic heterocycles. The Morgan fingerprint density at radius 1 is 0.404 bits per heavy atom. The lowest BCUT2D eigenvalue weighted by molar-refractivity contribution is -0.294. The summed E-state index contributed by atoms with van der Waals surface area (Å²) in [6.45, 7) is 5.15. The average molecular weight is 1400 g/mol. The van der Waals surface area contributed by atoms with Crippen LogP contribution in [-0.4, -0.2) is 9.13 Å². The highest BCUT2D eigenvalue weighted by atomic mass is 16.3. The zero-order valence-corrected chi connectivity index (χ0v) is 61.0. The van der Waals surface area contributed by atoms with Gasteiger partial charge >= 0.3 is 0 Å². The molecule has 0 saturated heterocycles. The van der Waals surface area contributed by atoms with Gasteiger partial charge in [0, 0.05) is 88.1 Å². The Kier molecular flexibility index (Phi) is 10.5. The van der Waals surface area contributed by atoms with Crippen LogP contribution in [-0.2, 0) is 16.2 Å². The molecule has 5 nitrogen and oxygen atoms in total. The van der Waals surface area contributed by atoms with Crippen LogP contribution in [0.15, 0.2) is 290 Å². The summed E-state index contributed by atoms with van der Waals surface area (Å²) in [5, 5.41) is 9.76. The van der Waals surface area contributed by atoms with Gasteiger partial charge in [-0.2, -0.15) is 0 Å². The van der Waals surface area contributed by atoms with Gasteiger partial charge in [0.05, 0.1) is 39.1 Å². The Bertz CT molecular complexity index is 6960. The number of fused-ring (bicyclic) bond motifs is 31. The van der Waals surface area contributed by atoms with Crippen LogP contribution < -0.4 is 9.80 Å². The lowest BCUT2D eigenvalue weighted by Crippen LogP contribution is -2.72. The highest BCUT2D eigenvalue weighted by Gasteiger charge is 2.90. The van der Waals surface area contributed by atoms with E-state index in [4.69, 9.17) is 4.42 Å². The minimum absolute atomic E-state index is 0.0198. The molecule has 5 heteroatoms. The van der Waals surface area contributed by atoms with Gasteiger partial charge < -0.3 is 23.4 Å². The fourth-order valence-corrected chi connectivity index (χ4v) is 28.5. The molecule has 11 aliphatic rings. The van der Waals surface area contributed by atoms with Crippen molar-refractivity contribution in [3.8, 4) is 44.8 Å². The van der Waals surface area contributed by atoms with Crippen molar-refractivity contribution in [2.75, 3.05) is 9.80 Å². The number of benzene rings is 14. The maximum absolute atomic E-state index is 7.46. The minimum atomic E-state index is -0.505. The predicted octanol–water partition coefficient (Wildman–Crippen LogP) is 26.4. The number of furan rings is 1. The molecule has 2 bridgehead atoms. The molecule has 3 spiro atoms. The van der Waals surface area contributed by atoms with Crippen LogP contribution in [0.3, 0.4) is 0 Å². The summed E-state index contributed by atoms with van der Waals surface area (Å²) in [7, 11) is 0. The molecule has 7 saturated carbocycles. The quantitative estimate of drug-likeness (QED) is 0.166. The summed E-state index contributed by atoms with van der Waals surface area (Å²) in [5.41, 5.74) is 35.3. The summed E-state index contributed by atoms with van der Waals surface area (Å²) < 4.78 is 12.4. The molecule has 0 N–H and O–H groups in total. The van der Waals surface area contributed by atoms with Gasteiger partial charge in [0.2, 0.25) is 0 Å². The molecule has 10 unspecified atom stereocenters. The molecule has 0 amide bonds. The fourth-order valence-electron chi connectivity index (χ4n) is 28.5. The molecule has 518 valence electrons. The van der Waals surface area contributed by atoms with Crippen molar-refractivity contribution in [2.45, 2.75) is 75.0 Å². The third-order valence-electron chi connectivity index (χ3n) is 31.9. The Balaban J connectivity index is 0.623. The van der Waals surface area contributed by atoms with E-state index in [1.54, 1.807) is 11.1 Å². The Hall–Kier alpha value is -11.7. The van der Waals surface area contributed by atoms with Crippen LogP contribution in [0.5, 0.6) is 0 Å². The zero-order chi connectivity index (χ0) is 70.6. The van der Waals surface area contributed by atoms with Crippen molar-refractivity contribution in [1.29, 1.82) is 0 Å². The second-order valence-corrected chi connectivity index (χ2v) is 35.5. The first-order chi connectivity index (χ1) is 53.8. The van der Waals surface area contributed by atoms with E-state index in [9.17, 15) is 0 Å². The third-order valence-corrected chi connectivity index (χ3v) is 31.9. The molecule has 13 atom stereocenters. The van der Waals surface area contributed by atoms with Crippen LogP contribution >= 0.6 is 0 Å². The number of para-hydroxylation sites is 4. The van der Waals surface area contributed by atoms with Crippen LogP contribution in [0.1, 0.15) is 97.7 Å². The largest absolute Gasteiger partial charge is 0.456 e. The molecule has 0 radical (unpaired) electrons. The predicted molar refractivity (Wildman–Crippen MR) is 445 cm³/mol. The van der Waals surface area contributed by atoms with Crippen LogP contribution in [0.25, 0.3) is 121 Å². The van der Waals surface area contributed by atoms with E-state index < -0.39 is 5.41 Å². The van der Waals surface area contributed by atoms with Gasteiger partial charge in [-0.1, -0.05) is 177 Å². The zero-order valence-electron chi connectivity index (χ0n) is 61.0. The molecule has 7 fully saturated rings. The number of rotatable bonds is 6. The van der Waals surface area contributed by atoms with Crippen molar-refractivity contribution in [2.24, 2.45) is 58.7 Å². The maximum Gasteiger partial charge on any atom is 0.136 e.